The lowest BCUT2D eigenvalue weighted by Gasteiger charge is -2.40. The molecule has 1 aromatic carbocycles. The van der Waals surface area contributed by atoms with Gasteiger partial charge in [-0.05, 0) is 57.4 Å². The standard InChI is InChI=1S/C20H28FN3O4/c1-20(2,3)28-19(26)23-9-8-17(15(21)12-23)24-10-7-13-11-14(27-4)5-6-16(13)22-18(24)25/h5-6,11,15,17H,7-10,12H2,1-4H3,(H,22,25). The summed E-state index contributed by atoms with van der Waals surface area (Å²) in [5.74, 6) is 0.718. The van der Waals surface area contributed by atoms with E-state index in [4.69, 9.17) is 9.47 Å². The Labute approximate surface area is 164 Å². The lowest BCUT2D eigenvalue weighted by molar-refractivity contribution is 0.00104. The minimum Gasteiger partial charge on any atom is -0.497 e. The topological polar surface area (TPSA) is 71.1 Å². The second kappa shape index (κ2) is 7.85. The number of benzene rings is 1. The van der Waals surface area contributed by atoms with Crippen molar-refractivity contribution >= 4 is 17.8 Å². The van der Waals surface area contributed by atoms with Crippen molar-refractivity contribution in [3.63, 3.8) is 0 Å². The number of urea groups is 1. The van der Waals surface area contributed by atoms with E-state index >= 15 is 0 Å². The summed E-state index contributed by atoms with van der Waals surface area (Å²) < 4.78 is 25.5. The minimum absolute atomic E-state index is 0.0792. The van der Waals surface area contributed by atoms with Gasteiger partial charge in [0.15, 0.2) is 0 Å². The lowest BCUT2D eigenvalue weighted by Crippen LogP contribution is -2.56. The summed E-state index contributed by atoms with van der Waals surface area (Å²) >= 11 is 0. The molecule has 2 aliphatic heterocycles. The van der Waals surface area contributed by atoms with Gasteiger partial charge in [0, 0.05) is 18.8 Å². The number of likely N-dealkylation sites (tertiary alicyclic amines) is 1. The molecule has 1 saturated heterocycles. The van der Waals surface area contributed by atoms with Gasteiger partial charge in [-0.3, -0.25) is 0 Å². The van der Waals surface area contributed by atoms with Crippen molar-refractivity contribution in [3.8, 4) is 5.75 Å². The summed E-state index contributed by atoms with van der Waals surface area (Å²) in [6, 6.07) is 4.58. The molecule has 28 heavy (non-hydrogen) atoms. The van der Waals surface area contributed by atoms with E-state index in [1.807, 2.05) is 6.07 Å². The Morgan fingerprint density at radius 2 is 2.04 bits per heavy atom. The quantitative estimate of drug-likeness (QED) is 0.836. The molecule has 0 spiro atoms. The number of alkyl halides is 1. The Hall–Kier alpha value is -2.51. The molecule has 2 unspecified atom stereocenters. The van der Waals surface area contributed by atoms with Gasteiger partial charge >= 0.3 is 12.1 Å². The number of nitrogens with one attached hydrogen (secondary N) is 1. The normalized spacial score (nSPS) is 22.8. The minimum atomic E-state index is -1.33. The number of carbonyl (C=O) groups excluding carboxylic acids is 2. The van der Waals surface area contributed by atoms with E-state index in [2.05, 4.69) is 5.32 Å². The molecule has 0 aliphatic carbocycles. The fourth-order valence-corrected chi connectivity index (χ4v) is 3.61. The molecule has 2 heterocycles. The third-order valence-electron chi connectivity index (χ3n) is 5.00. The molecule has 3 amide bonds. The highest BCUT2D eigenvalue weighted by Crippen LogP contribution is 2.28. The van der Waals surface area contributed by atoms with E-state index < -0.39 is 23.9 Å². The number of nitrogens with zero attached hydrogens (tertiary/aromatic N) is 2. The summed E-state index contributed by atoms with van der Waals surface area (Å²) in [6.07, 6.45) is -0.881. The van der Waals surface area contributed by atoms with Crippen LogP contribution in [0.4, 0.5) is 19.7 Å². The maximum atomic E-state index is 14.9. The largest absolute Gasteiger partial charge is 0.497 e. The zero-order valence-corrected chi connectivity index (χ0v) is 16.8. The van der Waals surface area contributed by atoms with Gasteiger partial charge in [-0.2, -0.15) is 0 Å². The van der Waals surface area contributed by atoms with Crippen LogP contribution in [0.25, 0.3) is 0 Å². The van der Waals surface area contributed by atoms with E-state index in [-0.39, 0.29) is 12.6 Å². The first kappa shape index (κ1) is 20.2. The van der Waals surface area contributed by atoms with Gasteiger partial charge in [-0.1, -0.05) is 0 Å². The van der Waals surface area contributed by atoms with Crippen LogP contribution in [0.3, 0.4) is 0 Å². The van der Waals surface area contributed by atoms with Gasteiger partial charge in [0.25, 0.3) is 0 Å². The van der Waals surface area contributed by atoms with E-state index in [0.717, 1.165) is 17.0 Å². The molecule has 0 saturated carbocycles. The van der Waals surface area contributed by atoms with Crippen LogP contribution in [0, 0.1) is 0 Å². The average Bonchev–Trinajstić information content (AvgIpc) is 2.78. The lowest BCUT2D eigenvalue weighted by atomic mass is 10.0. The molecule has 1 N–H and O–H groups in total. The molecular weight excluding hydrogens is 365 g/mol. The van der Waals surface area contributed by atoms with Crippen LogP contribution >= 0.6 is 0 Å². The molecule has 2 atom stereocenters. The molecule has 1 fully saturated rings. The van der Waals surface area contributed by atoms with Crippen LogP contribution in [-0.2, 0) is 11.2 Å². The predicted molar refractivity (Wildman–Crippen MR) is 104 cm³/mol. The number of methoxy groups -OCH3 is 1. The summed E-state index contributed by atoms with van der Waals surface area (Å²) in [5.41, 5.74) is 1.05. The van der Waals surface area contributed by atoms with Crippen molar-refractivity contribution in [2.24, 2.45) is 0 Å². The molecule has 7 nitrogen and oxygen atoms in total. The summed E-state index contributed by atoms with van der Waals surface area (Å²) in [7, 11) is 1.59. The Morgan fingerprint density at radius 1 is 1.29 bits per heavy atom. The molecule has 1 aromatic rings. The first-order valence-corrected chi connectivity index (χ1v) is 9.54. The second-order valence-electron chi connectivity index (χ2n) is 8.19. The van der Waals surface area contributed by atoms with Gasteiger partial charge in [-0.25, -0.2) is 14.0 Å². The number of halogens is 1. The number of amides is 3. The van der Waals surface area contributed by atoms with Gasteiger partial charge in [0.1, 0.15) is 17.5 Å². The highest BCUT2D eigenvalue weighted by molar-refractivity contribution is 5.91. The summed E-state index contributed by atoms with van der Waals surface area (Å²) in [5, 5.41) is 2.87. The van der Waals surface area contributed by atoms with Crippen molar-refractivity contribution in [2.75, 3.05) is 32.1 Å². The summed E-state index contributed by atoms with van der Waals surface area (Å²) in [4.78, 5) is 27.8. The number of ether oxygens (including phenoxy) is 2. The molecule has 3 rings (SSSR count). The van der Waals surface area contributed by atoms with Crippen LogP contribution in [0.2, 0.25) is 0 Å². The van der Waals surface area contributed by atoms with Crippen LogP contribution in [0.15, 0.2) is 18.2 Å². The molecule has 0 bridgehead atoms. The number of carbonyl (C=O) groups is 2. The van der Waals surface area contributed by atoms with Crippen molar-refractivity contribution in [2.45, 2.75) is 51.4 Å². The zero-order chi connectivity index (χ0) is 20.5. The highest BCUT2D eigenvalue weighted by atomic mass is 19.1. The zero-order valence-electron chi connectivity index (χ0n) is 16.8. The number of piperidine rings is 1. The van der Waals surface area contributed by atoms with Crippen LogP contribution in [0.5, 0.6) is 5.75 Å². The third-order valence-corrected chi connectivity index (χ3v) is 5.00. The number of hydrogen-bond acceptors (Lipinski definition) is 4. The van der Waals surface area contributed by atoms with Crippen molar-refractivity contribution in [1.29, 1.82) is 0 Å². The van der Waals surface area contributed by atoms with Gasteiger partial charge < -0.3 is 24.6 Å². The maximum absolute atomic E-state index is 14.9. The fourth-order valence-electron chi connectivity index (χ4n) is 3.61. The number of anilines is 1. The monoisotopic (exact) mass is 393 g/mol. The fraction of sp³-hybridized carbons (Fsp3) is 0.600. The van der Waals surface area contributed by atoms with Gasteiger partial charge in [0.2, 0.25) is 0 Å². The molecule has 8 heteroatoms. The van der Waals surface area contributed by atoms with Crippen molar-refractivity contribution in [1.82, 2.24) is 9.80 Å². The van der Waals surface area contributed by atoms with Crippen molar-refractivity contribution < 1.29 is 23.5 Å². The van der Waals surface area contributed by atoms with Crippen LogP contribution < -0.4 is 10.1 Å². The Balaban J connectivity index is 1.66. The maximum Gasteiger partial charge on any atom is 0.410 e. The van der Waals surface area contributed by atoms with Crippen LogP contribution in [0.1, 0.15) is 32.8 Å². The highest BCUT2D eigenvalue weighted by Gasteiger charge is 2.39. The predicted octanol–water partition coefficient (Wildman–Crippen LogP) is 3.43. The van der Waals surface area contributed by atoms with E-state index in [1.165, 1.54) is 4.90 Å². The molecule has 154 valence electrons. The number of hydrogen-bond donors (Lipinski definition) is 1. The molecule has 2 aliphatic rings. The molecule has 0 radical (unpaired) electrons. The van der Waals surface area contributed by atoms with E-state index in [1.54, 1.807) is 44.9 Å². The van der Waals surface area contributed by atoms with Gasteiger partial charge in [0.05, 0.1) is 19.7 Å². The molecular formula is C20H28FN3O4. The third kappa shape index (κ3) is 4.48. The van der Waals surface area contributed by atoms with Crippen LogP contribution in [-0.4, -0.2) is 66.5 Å². The van der Waals surface area contributed by atoms with Gasteiger partial charge in [-0.15, -0.1) is 0 Å². The number of rotatable bonds is 2. The molecule has 0 aromatic heterocycles. The Bertz CT molecular complexity index is 749. The SMILES string of the molecule is COc1ccc2c(c1)CCN(C1CCN(C(=O)OC(C)(C)C)CC1F)C(=O)N2. The Kier molecular flexibility index (Phi) is 5.67. The first-order valence-electron chi connectivity index (χ1n) is 9.54. The average molecular weight is 393 g/mol. The number of fused-ring (bicyclic) bond motifs is 1. The van der Waals surface area contributed by atoms with E-state index in [0.29, 0.717) is 25.9 Å². The van der Waals surface area contributed by atoms with Crippen molar-refractivity contribution in [3.05, 3.63) is 23.8 Å². The van der Waals surface area contributed by atoms with E-state index in [9.17, 15) is 14.0 Å². The second-order valence-corrected chi connectivity index (χ2v) is 8.19. The Morgan fingerprint density at radius 3 is 2.68 bits per heavy atom. The first-order chi connectivity index (χ1) is 13.2. The summed E-state index contributed by atoms with van der Waals surface area (Å²) in [6.45, 7) is 6.01. The smallest absolute Gasteiger partial charge is 0.410 e.